The summed E-state index contributed by atoms with van der Waals surface area (Å²) in [6.07, 6.45) is 0. The van der Waals surface area contributed by atoms with Gasteiger partial charge in [-0.05, 0) is 74.5 Å². The summed E-state index contributed by atoms with van der Waals surface area (Å²) in [5, 5.41) is 22.3. The Kier molecular flexibility index (Phi) is 13.8. The van der Waals surface area contributed by atoms with Crippen molar-refractivity contribution in [3.8, 4) is 45.0 Å². The number of aromatic amines is 1. The van der Waals surface area contributed by atoms with Crippen LogP contribution in [-0.4, -0.2) is 64.9 Å². The number of aromatic nitrogens is 8. The van der Waals surface area contributed by atoms with Crippen molar-refractivity contribution in [2.45, 2.75) is 33.2 Å². The van der Waals surface area contributed by atoms with E-state index in [1.54, 1.807) is 0 Å². The minimum Gasteiger partial charge on any atom is -0.741 e. The monoisotopic (exact) mass is 849 g/mol. The van der Waals surface area contributed by atoms with Crippen LogP contribution in [-0.2, 0) is 26.9 Å². The molecule has 0 bridgehead atoms. The van der Waals surface area contributed by atoms with Gasteiger partial charge in [0, 0.05) is 16.8 Å². The summed E-state index contributed by atoms with van der Waals surface area (Å²) in [6, 6.07) is 49.6. The van der Waals surface area contributed by atoms with E-state index < -0.39 is 22.7 Å². The van der Waals surface area contributed by atoms with E-state index in [9.17, 15) is 13.2 Å². The summed E-state index contributed by atoms with van der Waals surface area (Å²) in [7, 11) is -7.68. The average Bonchev–Trinajstić information content (AvgIpc) is 4.00. The topological polar surface area (TPSA) is 139 Å². The molecule has 0 spiro atoms. The van der Waals surface area contributed by atoms with Gasteiger partial charge in [0.2, 0.25) is 0 Å². The van der Waals surface area contributed by atoms with E-state index in [4.69, 9.17) is 28.3 Å². The van der Waals surface area contributed by atoms with Gasteiger partial charge < -0.3 is 18.3 Å². The summed E-state index contributed by atoms with van der Waals surface area (Å²) in [4.78, 5) is 0. The Bertz CT molecular complexity index is 2570. The summed E-state index contributed by atoms with van der Waals surface area (Å²) in [6.45, 7) is 8.23. The Labute approximate surface area is 344 Å². The summed E-state index contributed by atoms with van der Waals surface area (Å²) in [5.41, 5.74) is 6.92. The van der Waals surface area contributed by atoms with Crippen molar-refractivity contribution in [2.75, 3.05) is 0 Å². The second kappa shape index (κ2) is 18.5. The molecule has 0 fully saturated rings. The Balaban J connectivity index is 0.000000250. The van der Waals surface area contributed by atoms with E-state index in [-0.39, 0.29) is 16.8 Å². The van der Waals surface area contributed by atoms with Crippen LogP contribution in [0.5, 0.6) is 0 Å². The van der Waals surface area contributed by atoms with Crippen LogP contribution in [0, 0.1) is 27.7 Å². The molecule has 0 unspecified atom stereocenters. The largest absolute Gasteiger partial charge is 2.00 e. The van der Waals surface area contributed by atoms with E-state index in [0.717, 1.165) is 62.2 Å². The first kappa shape index (κ1) is 43.1. The zero-order chi connectivity index (χ0) is 40.7. The zero-order valence-corrected chi connectivity index (χ0v) is 33.7. The van der Waals surface area contributed by atoms with Crippen LogP contribution in [0.2, 0.25) is 0 Å². The van der Waals surface area contributed by atoms with Gasteiger partial charge in [0.15, 0.2) is 10.1 Å². The molecule has 0 atom stereocenters. The van der Waals surface area contributed by atoms with Gasteiger partial charge >= 0.3 is 29.4 Å². The third kappa shape index (κ3) is 10.3. The minimum atomic E-state index is -6.09. The summed E-state index contributed by atoms with van der Waals surface area (Å²) < 4.78 is 65.2. The van der Waals surface area contributed by atoms with Crippen molar-refractivity contribution >= 4 is 17.2 Å². The first-order chi connectivity index (χ1) is 27.2. The number of H-pyrrole nitrogens is 1. The standard InChI is InChI=1S/C30H28BN6.C10H10N2.CHF3O3S.Co/c1-22-19-30(27-17-11-6-12-18-27)37(32-22)31(35-23(2)20-28(33-35)25-13-7-4-8-14-25)36-24(3)21-29(34-36)26-15-9-5-10-16-26;1-8-7-10(12-11-8)9-5-3-2-4-6-9;2-1(3,4)8(5,6)7;/h4-21,31H,1-3H3;2-7H,1H3,(H,11,12);(H,5,6,7);/q-1;;;+2/p-1. The second-order valence-electron chi connectivity index (χ2n) is 13.2. The van der Waals surface area contributed by atoms with E-state index >= 15 is 0 Å². The maximum atomic E-state index is 10.7. The SMILES string of the molecule is Cc1cc(-c2ccccc2)[nH]n1.Cc1cc(-c2ccccc2)n([BH-](n2nc(-c3ccccc3)cc2C)n2nc(-c3ccccc3)cc2C)n1.O=S(=O)([O-])C(F)(F)F.[Co+2]. The maximum absolute atomic E-state index is 10.7. The predicted octanol–water partition coefficient (Wildman–Crippen LogP) is 8.30. The molecular weight excluding hydrogens is 811 g/mol. The van der Waals surface area contributed by atoms with Crippen LogP contribution in [0.3, 0.4) is 0 Å². The molecule has 0 aliphatic carbocycles. The van der Waals surface area contributed by atoms with Gasteiger partial charge in [-0.1, -0.05) is 121 Å². The molecule has 11 nitrogen and oxygen atoms in total. The predicted molar refractivity (Wildman–Crippen MR) is 215 cm³/mol. The van der Waals surface area contributed by atoms with Gasteiger partial charge in [0.05, 0.1) is 28.5 Å². The van der Waals surface area contributed by atoms with Crippen molar-refractivity contribution in [3.63, 3.8) is 0 Å². The van der Waals surface area contributed by atoms with Crippen molar-refractivity contribution in [2.24, 2.45) is 0 Å². The molecule has 0 amide bonds. The number of nitrogens with one attached hydrogen (secondary N) is 1. The number of aryl methyl sites for hydroxylation is 4. The van der Waals surface area contributed by atoms with Gasteiger partial charge in [0.25, 0.3) is 0 Å². The molecule has 8 rings (SSSR count). The fourth-order valence-electron chi connectivity index (χ4n) is 6.26. The Morgan fingerprint density at radius 1 is 0.569 bits per heavy atom. The number of benzene rings is 4. The number of hydrogen-bond acceptors (Lipinski definition) is 7. The molecule has 8 aromatic rings. The third-order valence-electron chi connectivity index (χ3n) is 8.95. The molecule has 1 N–H and O–H groups in total. The van der Waals surface area contributed by atoms with Gasteiger partial charge in [-0.25, -0.2) is 23.7 Å². The number of rotatable bonds is 7. The molecule has 1 radical (unpaired) electrons. The fourth-order valence-corrected chi connectivity index (χ4v) is 6.26. The second-order valence-corrected chi connectivity index (χ2v) is 14.6. The maximum Gasteiger partial charge on any atom is 2.00 e. The molecule has 58 heavy (non-hydrogen) atoms. The minimum absolute atomic E-state index is 0. The Hall–Kier alpha value is -6.01. The van der Waals surface area contributed by atoms with E-state index in [0.29, 0.717) is 0 Å². The van der Waals surface area contributed by atoms with E-state index in [1.807, 2.05) is 80.6 Å². The van der Waals surface area contributed by atoms with Crippen molar-refractivity contribution in [1.82, 2.24) is 39.3 Å². The number of nitrogens with zero attached hydrogens (tertiary/aromatic N) is 7. The molecule has 299 valence electrons. The quantitative estimate of drug-likeness (QED) is 0.0968. The first-order valence-corrected chi connectivity index (χ1v) is 19.2. The molecule has 0 saturated carbocycles. The van der Waals surface area contributed by atoms with Gasteiger partial charge in [0.1, 0.15) is 0 Å². The normalized spacial score (nSPS) is 11.3. The third-order valence-corrected chi connectivity index (χ3v) is 9.52. The van der Waals surface area contributed by atoms with Crippen LogP contribution in [0.15, 0.2) is 146 Å². The molecule has 0 aliphatic rings. The van der Waals surface area contributed by atoms with Crippen LogP contribution in [0.4, 0.5) is 13.2 Å². The van der Waals surface area contributed by atoms with Crippen LogP contribution in [0.1, 0.15) is 22.8 Å². The summed E-state index contributed by atoms with van der Waals surface area (Å²) >= 11 is 0. The Morgan fingerprint density at radius 3 is 1.34 bits per heavy atom. The number of hydrogen-bond donors (Lipinski definition) is 1. The Morgan fingerprint density at radius 2 is 0.966 bits per heavy atom. The zero-order valence-electron chi connectivity index (χ0n) is 31.8. The summed E-state index contributed by atoms with van der Waals surface area (Å²) in [5.74, 6) is 0. The van der Waals surface area contributed by atoms with Gasteiger partial charge in [-0.3, -0.25) is 5.10 Å². The van der Waals surface area contributed by atoms with Crippen molar-refractivity contribution in [3.05, 3.63) is 168 Å². The average molecular weight is 850 g/mol. The smallest absolute Gasteiger partial charge is 0.741 e. The van der Waals surface area contributed by atoms with Crippen LogP contribution in [0.25, 0.3) is 45.0 Å². The fraction of sp³-hybridized carbons (Fsp3) is 0.122. The van der Waals surface area contributed by atoms with Crippen LogP contribution < -0.4 is 0 Å². The van der Waals surface area contributed by atoms with Crippen molar-refractivity contribution in [1.29, 1.82) is 0 Å². The number of halogens is 3. The van der Waals surface area contributed by atoms with E-state index in [2.05, 4.69) is 117 Å². The van der Waals surface area contributed by atoms with Gasteiger partial charge in [-0.15, -0.1) is 0 Å². The van der Waals surface area contributed by atoms with E-state index in [1.165, 1.54) is 5.56 Å². The molecule has 0 saturated heterocycles. The molecule has 4 aromatic carbocycles. The van der Waals surface area contributed by atoms with Crippen molar-refractivity contribution < 1.29 is 42.9 Å². The van der Waals surface area contributed by atoms with Crippen LogP contribution >= 0.6 is 0 Å². The molecular formula is C41H38BCoF3N8O3S. The van der Waals surface area contributed by atoms with Gasteiger partial charge in [-0.2, -0.15) is 18.3 Å². The number of alkyl halides is 3. The molecule has 4 aromatic heterocycles. The molecule has 0 aliphatic heterocycles. The molecule has 4 heterocycles. The molecule has 17 heteroatoms. The first-order valence-electron chi connectivity index (χ1n) is 17.8.